The van der Waals surface area contributed by atoms with Crippen molar-refractivity contribution in [2.24, 2.45) is 0 Å². The third kappa shape index (κ3) is 6.16. The number of para-hydroxylation sites is 1. The predicted molar refractivity (Wildman–Crippen MR) is 104 cm³/mol. The van der Waals surface area contributed by atoms with Gasteiger partial charge in [0.1, 0.15) is 4.21 Å². The van der Waals surface area contributed by atoms with E-state index in [1.807, 2.05) is 32.0 Å². The van der Waals surface area contributed by atoms with Crippen molar-refractivity contribution in [2.45, 2.75) is 30.5 Å². The number of nitrogens with zero attached hydrogens (tertiary/aromatic N) is 1. The molecule has 0 radical (unpaired) electrons. The van der Waals surface area contributed by atoms with Crippen LogP contribution in [0.5, 0.6) is 0 Å². The fourth-order valence-corrected chi connectivity index (χ4v) is 4.45. The van der Waals surface area contributed by atoms with E-state index < -0.39 is 22.6 Å². The maximum atomic E-state index is 12.4. The number of carbonyl (C=O) groups excluding carboxylic acids is 2. The van der Waals surface area contributed by atoms with Gasteiger partial charge in [-0.1, -0.05) is 24.3 Å². The molecule has 7 nitrogen and oxygen atoms in total. The lowest BCUT2D eigenvalue weighted by Crippen LogP contribution is -2.40. The van der Waals surface area contributed by atoms with Crippen LogP contribution >= 0.6 is 11.3 Å². The maximum Gasteiger partial charge on any atom is 0.307 e. The average Bonchev–Trinajstić information content (AvgIpc) is 3.16. The van der Waals surface area contributed by atoms with Crippen LogP contribution in [0.15, 0.2) is 52.1 Å². The van der Waals surface area contributed by atoms with Crippen LogP contribution in [0, 0.1) is 0 Å². The summed E-state index contributed by atoms with van der Waals surface area (Å²) in [7, 11) is -3.62. The van der Waals surface area contributed by atoms with E-state index >= 15 is 0 Å². The predicted octanol–water partition coefficient (Wildman–Crippen LogP) is 2.40. The molecule has 0 aliphatic rings. The molecule has 0 atom stereocenters. The summed E-state index contributed by atoms with van der Waals surface area (Å²) in [4.78, 5) is 25.8. The molecule has 2 rings (SSSR count). The summed E-state index contributed by atoms with van der Waals surface area (Å²) < 4.78 is 31.4. The van der Waals surface area contributed by atoms with Crippen LogP contribution in [-0.4, -0.2) is 39.5 Å². The van der Waals surface area contributed by atoms with Crippen LogP contribution in [0.4, 0.5) is 5.69 Å². The Bertz CT molecular complexity index is 849. The molecule has 0 aliphatic heterocycles. The Kier molecular flexibility index (Phi) is 7.52. The van der Waals surface area contributed by atoms with Crippen molar-refractivity contribution < 1.29 is 22.7 Å². The van der Waals surface area contributed by atoms with Crippen molar-refractivity contribution in [3.63, 3.8) is 0 Å². The van der Waals surface area contributed by atoms with E-state index in [-0.39, 0.29) is 29.1 Å². The number of benzene rings is 1. The summed E-state index contributed by atoms with van der Waals surface area (Å²) in [6, 6.07) is 12.1. The minimum Gasteiger partial charge on any atom is -0.456 e. The van der Waals surface area contributed by atoms with Gasteiger partial charge >= 0.3 is 5.97 Å². The van der Waals surface area contributed by atoms with Gasteiger partial charge in [0.05, 0.1) is 6.42 Å². The van der Waals surface area contributed by atoms with Crippen LogP contribution in [-0.2, 0) is 24.3 Å². The van der Waals surface area contributed by atoms with E-state index in [9.17, 15) is 18.0 Å². The van der Waals surface area contributed by atoms with E-state index in [0.29, 0.717) is 0 Å². The molecule has 0 unspecified atom stereocenters. The zero-order chi connectivity index (χ0) is 19.9. The molecule has 0 bridgehead atoms. The number of anilines is 1. The zero-order valence-electron chi connectivity index (χ0n) is 15.1. The number of sulfonamides is 1. The van der Waals surface area contributed by atoms with Gasteiger partial charge in [0.25, 0.3) is 5.91 Å². The van der Waals surface area contributed by atoms with Crippen LogP contribution in [0.25, 0.3) is 0 Å². The monoisotopic (exact) mass is 410 g/mol. The summed E-state index contributed by atoms with van der Waals surface area (Å²) >= 11 is 1.09. The number of amides is 1. The molecule has 146 valence electrons. The zero-order valence-corrected chi connectivity index (χ0v) is 16.8. The van der Waals surface area contributed by atoms with Gasteiger partial charge in [-0.3, -0.25) is 9.59 Å². The third-order valence-corrected chi connectivity index (χ3v) is 6.42. The number of hydrogen-bond acceptors (Lipinski definition) is 6. The van der Waals surface area contributed by atoms with E-state index in [4.69, 9.17) is 4.74 Å². The smallest absolute Gasteiger partial charge is 0.307 e. The van der Waals surface area contributed by atoms with Gasteiger partial charge in [0.2, 0.25) is 10.0 Å². The molecule has 1 aromatic heterocycles. The quantitative estimate of drug-likeness (QED) is 0.641. The van der Waals surface area contributed by atoms with Gasteiger partial charge in [-0.05, 0) is 37.4 Å². The molecule has 1 heterocycles. The molecule has 27 heavy (non-hydrogen) atoms. The van der Waals surface area contributed by atoms with Crippen molar-refractivity contribution in [3.05, 3.63) is 47.8 Å². The van der Waals surface area contributed by atoms with Crippen LogP contribution < -0.4 is 9.62 Å². The van der Waals surface area contributed by atoms with Crippen molar-refractivity contribution >= 4 is 38.9 Å². The van der Waals surface area contributed by atoms with Crippen molar-refractivity contribution in [3.8, 4) is 0 Å². The first-order valence-electron chi connectivity index (χ1n) is 8.37. The van der Waals surface area contributed by atoms with Gasteiger partial charge < -0.3 is 9.64 Å². The largest absolute Gasteiger partial charge is 0.456 e. The molecule has 1 amide bonds. The molecule has 0 saturated heterocycles. The van der Waals surface area contributed by atoms with Gasteiger partial charge in [-0.25, -0.2) is 13.1 Å². The average molecular weight is 411 g/mol. The number of ether oxygens (including phenoxy) is 1. The summed E-state index contributed by atoms with van der Waals surface area (Å²) in [5, 5.41) is 1.65. The Hall–Kier alpha value is -2.23. The van der Waals surface area contributed by atoms with Gasteiger partial charge in [-0.15, -0.1) is 11.3 Å². The number of thiophene rings is 1. The first kappa shape index (κ1) is 21.1. The lowest BCUT2D eigenvalue weighted by molar-refractivity contribution is -0.147. The Morgan fingerprint density at radius 1 is 1.15 bits per heavy atom. The molecule has 1 N–H and O–H groups in total. The van der Waals surface area contributed by atoms with Crippen molar-refractivity contribution in [1.82, 2.24) is 4.72 Å². The van der Waals surface area contributed by atoms with E-state index in [2.05, 4.69) is 4.72 Å². The highest BCUT2D eigenvalue weighted by molar-refractivity contribution is 7.91. The molecule has 2 aromatic rings. The first-order valence-corrected chi connectivity index (χ1v) is 10.7. The number of carbonyl (C=O) groups is 2. The molecule has 0 spiro atoms. The number of esters is 1. The lowest BCUT2D eigenvalue weighted by atomic mass is 10.2. The second kappa shape index (κ2) is 9.63. The minimum atomic E-state index is -3.62. The van der Waals surface area contributed by atoms with Gasteiger partial charge in [0, 0.05) is 18.3 Å². The summed E-state index contributed by atoms with van der Waals surface area (Å²) in [6.45, 7) is 3.24. The standard InChI is InChI=1S/C18H22N2O5S2/c1-14(2)20(15-7-4-3-5-8-15)16(21)13-25-17(22)10-11-19-27(23,24)18-9-6-12-26-18/h3-9,12,14,19H,10-11,13H2,1-2H3. The molecule has 9 heteroatoms. The lowest BCUT2D eigenvalue weighted by Gasteiger charge is -2.26. The van der Waals surface area contributed by atoms with E-state index in [1.54, 1.807) is 28.5 Å². The molecule has 0 aliphatic carbocycles. The third-order valence-electron chi connectivity index (χ3n) is 3.56. The highest BCUT2D eigenvalue weighted by Gasteiger charge is 2.21. The van der Waals surface area contributed by atoms with E-state index in [1.165, 1.54) is 6.07 Å². The second-order valence-electron chi connectivity index (χ2n) is 5.93. The second-order valence-corrected chi connectivity index (χ2v) is 8.88. The SMILES string of the molecule is CC(C)N(C(=O)COC(=O)CCNS(=O)(=O)c1cccs1)c1ccccc1. The summed E-state index contributed by atoms with van der Waals surface area (Å²) in [6.07, 6.45) is -0.162. The van der Waals surface area contributed by atoms with Crippen LogP contribution in [0.3, 0.4) is 0 Å². The number of nitrogens with one attached hydrogen (secondary N) is 1. The fraction of sp³-hybridized carbons (Fsp3) is 0.333. The van der Waals surface area contributed by atoms with E-state index in [0.717, 1.165) is 17.0 Å². The molecular weight excluding hydrogens is 388 g/mol. The van der Waals surface area contributed by atoms with Crippen LogP contribution in [0.1, 0.15) is 20.3 Å². The fourth-order valence-electron chi connectivity index (χ4n) is 2.38. The van der Waals surface area contributed by atoms with Gasteiger partial charge in [0.15, 0.2) is 6.61 Å². The Morgan fingerprint density at radius 2 is 1.85 bits per heavy atom. The molecule has 0 saturated carbocycles. The molecule has 1 aromatic carbocycles. The normalized spacial score (nSPS) is 11.4. The summed E-state index contributed by atoms with van der Waals surface area (Å²) in [5.41, 5.74) is 0.720. The number of rotatable bonds is 9. The minimum absolute atomic E-state index is 0.0974. The molecular formula is C18H22N2O5S2. The Balaban J connectivity index is 1.81. The Labute approximate surface area is 163 Å². The van der Waals surface area contributed by atoms with Crippen molar-refractivity contribution in [2.75, 3.05) is 18.1 Å². The van der Waals surface area contributed by atoms with Crippen molar-refractivity contribution in [1.29, 1.82) is 0 Å². The topological polar surface area (TPSA) is 92.8 Å². The highest BCUT2D eigenvalue weighted by Crippen LogP contribution is 2.17. The van der Waals surface area contributed by atoms with Crippen LogP contribution in [0.2, 0.25) is 0 Å². The molecule has 0 fully saturated rings. The highest BCUT2D eigenvalue weighted by atomic mass is 32.2. The first-order chi connectivity index (χ1) is 12.8. The maximum absolute atomic E-state index is 12.4. The Morgan fingerprint density at radius 3 is 2.44 bits per heavy atom. The number of hydrogen-bond donors (Lipinski definition) is 1. The van der Waals surface area contributed by atoms with Gasteiger partial charge in [-0.2, -0.15) is 0 Å². The summed E-state index contributed by atoms with van der Waals surface area (Å²) in [5.74, 6) is -0.988.